The average molecular weight is 293 g/mol. The summed E-state index contributed by atoms with van der Waals surface area (Å²) in [6.07, 6.45) is 10.8. The molecule has 2 aliphatic carbocycles. The lowest BCUT2D eigenvalue weighted by molar-refractivity contribution is -0.149. The molecule has 0 radical (unpaired) electrons. The van der Waals surface area contributed by atoms with E-state index in [9.17, 15) is 14.7 Å². The number of aliphatic carboxylic acids is 1. The summed E-state index contributed by atoms with van der Waals surface area (Å²) in [5.74, 6) is -0.104. The second kappa shape index (κ2) is 5.98. The minimum absolute atomic E-state index is 0.148. The summed E-state index contributed by atoms with van der Waals surface area (Å²) in [4.78, 5) is 26.4. The summed E-state index contributed by atoms with van der Waals surface area (Å²) in [5.41, 5.74) is -0.628. The molecule has 21 heavy (non-hydrogen) atoms. The molecule has 0 unspecified atom stereocenters. The Morgan fingerprint density at radius 2 is 1.62 bits per heavy atom. The first-order valence-corrected chi connectivity index (χ1v) is 8.66. The number of carbonyl (C=O) groups is 2. The van der Waals surface area contributed by atoms with Crippen molar-refractivity contribution in [1.29, 1.82) is 0 Å². The average Bonchev–Trinajstić information content (AvgIpc) is 2.94. The van der Waals surface area contributed by atoms with Gasteiger partial charge in [-0.05, 0) is 31.6 Å². The summed E-state index contributed by atoms with van der Waals surface area (Å²) in [6.45, 7) is 1.14. The van der Waals surface area contributed by atoms with Gasteiger partial charge in [0, 0.05) is 19.0 Å². The first kappa shape index (κ1) is 14.9. The van der Waals surface area contributed by atoms with Crippen LogP contribution in [0.2, 0.25) is 0 Å². The number of hydrogen-bond donors (Lipinski definition) is 1. The standard InChI is InChI=1S/C17H27NO3/c19-15(13-7-4-2-1-3-5-8-13)18-11-14-9-6-10-17(14,12-18)16(20)21/h13-14H,1-12H2,(H,20,21)/t14-,17+/m0/s1. The molecule has 1 aliphatic heterocycles. The van der Waals surface area contributed by atoms with Gasteiger partial charge in [-0.1, -0.05) is 38.5 Å². The lowest BCUT2D eigenvalue weighted by Gasteiger charge is -2.27. The van der Waals surface area contributed by atoms with E-state index in [1.165, 1.54) is 19.3 Å². The van der Waals surface area contributed by atoms with Crippen LogP contribution in [0, 0.1) is 17.3 Å². The Labute approximate surface area is 126 Å². The van der Waals surface area contributed by atoms with Crippen LogP contribution < -0.4 is 0 Å². The zero-order valence-electron chi connectivity index (χ0n) is 12.9. The molecule has 0 aromatic rings. The largest absolute Gasteiger partial charge is 0.481 e. The number of carboxylic acids is 1. The number of amides is 1. The molecule has 1 saturated heterocycles. The molecule has 3 aliphatic rings. The number of carboxylic acid groups (broad SMARTS) is 1. The number of likely N-dealkylation sites (tertiary alicyclic amines) is 1. The molecule has 1 N–H and O–H groups in total. The normalized spacial score (nSPS) is 34.3. The molecule has 0 aromatic heterocycles. The molecule has 3 rings (SSSR count). The molecule has 0 spiro atoms. The molecular weight excluding hydrogens is 266 g/mol. The van der Waals surface area contributed by atoms with Crippen molar-refractivity contribution < 1.29 is 14.7 Å². The monoisotopic (exact) mass is 293 g/mol. The number of rotatable bonds is 2. The molecule has 3 fully saturated rings. The predicted molar refractivity (Wildman–Crippen MR) is 79.8 cm³/mol. The molecule has 2 saturated carbocycles. The molecule has 2 atom stereocenters. The van der Waals surface area contributed by atoms with E-state index >= 15 is 0 Å². The van der Waals surface area contributed by atoms with Crippen LogP contribution in [0.4, 0.5) is 0 Å². The number of nitrogens with zero attached hydrogens (tertiary/aromatic N) is 1. The van der Waals surface area contributed by atoms with Gasteiger partial charge in [0.05, 0.1) is 5.41 Å². The summed E-state index contributed by atoms with van der Waals surface area (Å²) >= 11 is 0. The van der Waals surface area contributed by atoms with Crippen LogP contribution in [-0.4, -0.2) is 35.0 Å². The van der Waals surface area contributed by atoms with Crippen molar-refractivity contribution in [1.82, 2.24) is 4.90 Å². The highest BCUT2D eigenvalue weighted by atomic mass is 16.4. The lowest BCUT2D eigenvalue weighted by atomic mass is 9.81. The van der Waals surface area contributed by atoms with Gasteiger partial charge in [0.15, 0.2) is 0 Å². The quantitative estimate of drug-likeness (QED) is 0.851. The third-order valence-electron chi connectivity index (χ3n) is 6.06. The minimum atomic E-state index is -0.682. The Hall–Kier alpha value is -1.06. The number of fused-ring (bicyclic) bond motifs is 1. The maximum atomic E-state index is 12.8. The predicted octanol–water partition coefficient (Wildman–Crippen LogP) is 3.06. The molecule has 0 aromatic carbocycles. The molecule has 1 amide bonds. The van der Waals surface area contributed by atoms with Crippen LogP contribution in [0.15, 0.2) is 0 Å². The first-order chi connectivity index (χ1) is 10.1. The van der Waals surface area contributed by atoms with E-state index < -0.39 is 11.4 Å². The Bertz CT molecular complexity index is 414. The van der Waals surface area contributed by atoms with Gasteiger partial charge in [0.25, 0.3) is 0 Å². The molecule has 118 valence electrons. The van der Waals surface area contributed by atoms with E-state index in [1.54, 1.807) is 0 Å². The topological polar surface area (TPSA) is 57.6 Å². The lowest BCUT2D eigenvalue weighted by Crippen LogP contribution is -2.39. The second-order valence-electron chi connectivity index (χ2n) is 7.31. The maximum Gasteiger partial charge on any atom is 0.311 e. The van der Waals surface area contributed by atoms with Crippen molar-refractivity contribution in [3.05, 3.63) is 0 Å². The highest BCUT2D eigenvalue weighted by Gasteiger charge is 2.56. The molecule has 4 nitrogen and oxygen atoms in total. The smallest absolute Gasteiger partial charge is 0.311 e. The van der Waals surface area contributed by atoms with Gasteiger partial charge in [0.1, 0.15) is 0 Å². The van der Waals surface area contributed by atoms with Gasteiger partial charge in [-0.2, -0.15) is 0 Å². The summed E-state index contributed by atoms with van der Waals surface area (Å²) in [5, 5.41) is 9.63. The van der Waals surface area contributed by atoms with Crippen molar-refractivity contribution in [2.24, 2.45) is 17.3 Å². The summed E-state index contributed by atoms with van der Waals surface area (Å²) < 4.78 is 0. The summed E-state index contributed by atoms with van der Waals surface area (Å²) in [7, 11) is 0. The van der Waals surface area contributed by atoms with E-state index in [4.69, 9.17) is 0 Å². The van der Waals surface area contributed by atoms with Crippen LogP contribution in [0.5, 0.6) is 0 Å². The highest BCUT2D eigenvalue weighted by molar-refractivity contribution is 5.82. The first-order valence-electron chi connectivity index (χ1n) is 8.66. The molecule has 1 heterocycles. The Kier molecular flexibility index (Phi) is 4.23. The SMILES string of the molecule is O=C(C1CCCCCCC1)N1C[C@@H]2CCC[C@@]2(C(=O)O)C1. The number of carbonyl (C=O) groups excluding carboxylic acids is 1. The van der Waals surface area contributed by atoms with Crippen molar-refractivity contribution in [3.8, 4) is 0 Å². The number of hydrogen-bond acceptors (Lipinski definition) is 2. The van der Waals surface area contributed by atoms with Gasteiger partial charge < -0.3 is 10.0 Å². The summed E-state index contributed by atoms with van der Waals surface area (Å²) in [6, 6.07) is 0. The van der Waals surface area contributed by atoms with E-state index in [-0.39, 0.29) is 17.7 Å². The van der Waals surface area contributed by atoms with Crippen LogP contribution in [0.25, 0.3) is 0 Å². The maximum absolute atomic E-state index is 12.8. The highest BCUT2D eigenvalue weighted by Crippen LogP contribution is 2.49. The Balaban J connectivity index is 1.67. The van der Waals surface area contributed by atoms with Gasteiger partial charge in [0.2, 0.25) is 5.91 Å². The van der Waals surface area contributed by atoms with Crippen molar-refractivity contribution >= 4 is 11.9 Å². The minimum Gasteiger partial charge on any atom is -0.481 e. The zero-order valence-corrected chi connectivity index (χ0v) is 12.9. The van der Waals surface area contributed by atoms with Crippen LogP contribution in [0.3, 0.4) is 0 Å². The second-order valence-corrected chi connectivity index (χ2v) is 7.31. The van der Waals surface area contributed by atoms with Crippen LogP contribution in [0.1, 0.15) is 64.2 Å². The van der Waals surface area contributed by atoms with Crippen LogP contribution in [-0.2, 0) is 9.59 Å². The van der Waals surface area contributed by atoms with E-state index in [0.717, 1.165) is 44.9 Å². The van der Waals surface area contributed by atoms with Gasteiger partial charge >= 0.3 is 5.97 Å². The van der Waals surface area contributed by atoms with Gasteiger partial charge in [-0.15, -0.1) is 0 Å². The van der Waals surface area contributed by atoms with Crippen molar-refractivity contribution in [2.45, 2.75) is 64.2 Å². The Morgan fingerprint density at radius 3 is 2.24 bits per heavy atom. The van der Waals surface area contributed by atoms with Crippen molar-refractivity contribution in [3.63, 3.8) is 0 Å². The van der Waals surface area contributed by atoms with Gasteiger partial charge in [-0.3, -0.25) is 9.59 Å². The van der Waals surface area contributed by atoms with E-state index in [1.807, 2.05) is 4.90 Å². The third-order valence-corrected chi connectivity index (χ3v) is 6.06. The fourth-order valence-corrected chi connectivity index (χ4v) is 4.77. The van der Waals surface area contributed by atoms with E-state index in [2.05, 4.69) is 0 Å². The Morgan fingerprint density at radius 1 is 0.952 bits per heavy atom. The fourth-order valence-electron chi connectivity index (χ4n) is 4.77. The third kappa shape index (κ3) is 2.69. The molecule has 4 heteroatoms. The zero-order chi connectivity index (χ0) is 14.9. The fraction of sp³-hybridized carbons (Fsp3) is 0.882. The molecular formula is C17H27NO3. The van der Waals surface area contributed by atoms with Crippen molar-refractivity contribution in [2.75, 3.05) is 13.1 Å². The molecule has 0 bridgehead atoms. The van der Waals surface area contributed by atoms with E-state index in [0.29, 0.717) is 13.1 Å². The van der Waals surface area contributed by atoms with Crippen LogP contribution >= 0.6 is 0 Å². The van der Waals surface area contributed by atoms with Gasteiger partial charge in [-0.25, -0.2) is 0 Å².